The molecule has 6 heteroatoms. The molecule has 4 rings (SSSR count). The molecule has 0 aliphatic carbocycles. The number of carbonyl (C=O) groups is 1. The van der Waals surface area contributed by atoms with E-state index in [1.807, 2.05) is 47.4 Å². The third-order valence-electron chi connectivity index (χ3n) is 5.38. The van der Waals surface area contributed by atoms with Gasteiger partial charge in [0.05, 0.1) is 12.1 Å². The second-order valence-corrected chi connectivity index (χ2v) is 6.84. The van der Waals surface area contributed by atoms with E-state index in [1.165, 1.54) is 0 Å². The maximum absolute atomic E-state index is 13.0. The Morgan fingerprint density at radius 3 is 2.38 bits per heavy atom. The SMILES string of the molecule is O=C1C2NNC(c3ccccc3O)C2C(c2ccccc2)N1CCCO. The summed E-state index contributed by atoms with van der Waals surface area (Å²) < 4.78 is 0. The minimum atomic E-state index is -0.358. The number of hydrazine groups is 1. The van der Waals surface area contributed by atoms with Gasteiger partial charge in [-0.25, -0.2) is 10.9 Å². The quantitative estimate of drug-likeness (QED) is 0.655. The van der Waals surface area contributed by atoms with Gasteiger partial charge in [-0.05, 0) is 18.1 Å². The van der Waals surface area contributed by atoms with Gasteiger partial charge in [0.2, 0.25) is 5.91 Å². The third-order valence-corrected chi connectivity index (χ3v) is 5.38. The molecule has 26 heavy (non-hydrogen) atoms. The minimum Gasteiger partial charge on any atom is -0.508 e. The van der Waals surface area contributed by atoms with Crippen LogP contribution in [0.25, 0.3) is 0 Å². The Balaban J connectivity index is 1.75. The summed E-state index contributed by atoms with van der Waals surface area (Å²) in [4.78, 5) is 14.9. The zero-order chi connectivity index (χ0) is 18.1. The molecule has 0 bridgehead atoms. The molecule has 1 amide bonds. The lowest BCUT2D eigenvalue weighted by molar-refractivity contribution is -0.130. The molecule has 2 aromatic carbocycles. The second kappa shape index (κ2) is 7.07. The fraction of sp³-hybridized carbons (Fsp3) is 0.350. The van der Waals surface area contributed by atoms with Gasteiger partial charge in [-0.15, -0.1) is 0 Å². The lowest BCUT2D eigenvalue weighted by Gasteiger charge is -2.31. The number of aliphatic hydroxyl groups excluding tert-OH is 1. The summed E-state index contributed by atoms with van der Waals surface area (Å²) in [5.41, 5.74) is 8.20. The molecular weight excluding hydrogens is 330 g/mol. The Morgan fingerprint density at radius 2 is 1.65 bits per heavy atom. The molecule has 4 unspecified atom stereocenters. The molecule has 0 spiro atoms. The van der Waals surface area contributed by atoms with E-state index < -0.39 is 0 Å². The van der Waals surface area contributed by atoms with Crippen LogP contribution < -0.4 is 10.9 Å². The molecule has 136 valence electrons. The van der Waals surface area contributed by atoms with Crippen LogP contribution in [-0.4, -0.2) is 40.2 Å². The van der Waals surface area contributed by atoms with Crippen molar-refractivity contribution in [1.82, 2.24) is 15.8 Å². The number of rotatable bonds is 5. The van der Waals surface area contributed by atoms with Crippen LogP contribution in [0.3, 0.4) is 0 Å². The molecule has 0 aromatic heterocycles. The monoisotopic (exact) mass is 353 g/mol. The number of carbonyl (C=O) groups excluding carboxylic acids is 1. The van der Waals surface area contributed by atoms with Crippen molar-refractivity contribution < 1.29 is 15.0 Å². The highest BCUT2D eigenvalue weighted by atomic mass is 16.3. The van der Waals surface area contributed by atoms with Crippen LogP contribution in [0.15, 0.2) is 54.6 Å². The van der Waals surface area contributed by atoms with Crippen molar-refractivity contribution in [3.63, 3.8) is 0 Å². The van der Waals surface area contributed by atoms with E-state index in [2.05, 4.69) is 10.9 Å². The molecule has 2 heterocycles. The number of aliphatic hydroxyl groups is 1. The summed E-state index contributed by atoms with van der Waals surface area (Å²) in [5, 5.41) is 19.6. The van der Waals surface area contributed by atoms with Crippen molar-refractivity contribution in [1.29, 1.82) is 0 Å². The third kappa shape index (κ3) is 2.76. The number of nitrogens with zero attached hydrogens (tertiary/aromatic N) is 1. The summed E-state index contributed by atoms with van der Waals surface area (Å²) >= 11 is 0. The maximum atomic E-state index is 13.0. The van der Waals surface area contributed by atoms with E-state index in [1.54, 1.807) is 12.1 Å². The number of phenols is 1. The number of aromatic hydroxyl groups is 1. The number of hydrogen-bond acceptors (Lipinski definition) is 5. The van der Waals surface area contributed by atoms with Gasteiger partial charge in [0.1, 0.15) is 11.8 Å². The van der Waals surface area contributed by atoms with Crippen molar-refractivity contribution in [2.45, 2.75) is 24.5 Å². The van der Waals surface area contributed by atoms with Crippen LogP contribution in [-0.2, 0) is 4.79 Å². The van der Waals surface area contributed by atoms with Crippen molar-refractivity contribution in [2.24, 2.45) is 5.92 Å². The maximum Gasteiger partial charge on any atom is 0.242 e. The minimum absolute atomic E-state index is 0.0303. The summed E-state index contributed by atoms with van der Waals surface area (Å²) in [6, 6.07) is 16.6. The number of nitrogens with one attached hydrogen (secondary N) is 2. The lowest BCUT2D eigenvalue weighted by Crippen LogP contribution is -2.41. The normalized spacial score (nSPS) is 27.7. The van der Waals surface area contributed by atoms with Gasteiger partial charge in [-0.2, -0.15) is 0 Å². The van der Waals surface area contributed by atoms with E-state index in [4.69, 9.17) is 0 Å². The van der Waals surface area contributed by atoms with E-state index in [9.17, 15) is 15.0 Å². The van der Waals surface area contributed by atoms with E-state index >= 15 is 0 Å². The largest absolute Gasteiger partial charge is 0.508 e. The van der Waals surface area contributed by atoms with Gasteiger partial charge < -0.3 is 15.1 Å². The van der Waals surface area contributed by atoms with Crippen molar-refractivity contribution >= 4 is 5.91 Å². The van der Waals surface area contributed by atoms with Crippen LogP contribution in [0.5, 0.6) is 5.75 Å². The number of benzene rings is 2. The first-order valence-corrected chi connectivity index (χ1v) is 8.97. The fourth-order valence-corrected chi connectivity index (χ4v) is 4.26. The molecule has 2 aliphatic heterocycles. The second-order valence-electron chi connectivity index (χ2n) is 6.84. The van der Waals surface area contributed by atoms with Crippen LogP contribution in [0.1, 0.15) is 29.6 Å². The van der Waals surface area contributed by atoms with Crippen molar-refractivity contribution in [2.75, 3.05) is 13.2 Å². The number of amides is 1. The summed E-state index contributed by atoms with van der Waals surface area (Å²) in [5.74, 6) is 0.195. The van der Waals surface area contributed by atoms with Gasteiger partial charge in [0.25, 0.3) is 0 Å². The van der Waals surface area contributed by atoms with Gasteiger partial charge >= 0.3 is 0 Å². The Bertz CT molecular complexity index is 783. The molecule has 2 aliphatic rings. The van der Waals surface area contributed by atoms with Gasteiger partial charge in [0, 0.05) is 24.6 Å². The number of phenolic OH excluding ortho intramolecular Hbond substituents is 1. The number of likely N-dealkylation sites (tertiary alicyclic amines) is 1. The molecule has 4 atom stereocenters. The highest BCUT2D eigenvalue weighted by Gasteiger charge is 2.55. The molecule has 4 N–H and O–H groups in total. The summed E-state index contributed by atoms with van der Waals surface area (Å²) in [6.45, 7) is 0.562. The number of fused-ring (bicyclic) bond motifs is 1. The highest BCUT2D eigenvalue weighted by Crippen LogP contribution is 2.48. The first kappa shape index (κ1) is 17.0. The average molecular weight is 353 g/mol. The van der Waals surface area contributed by atoms with E-state index in [0.29, 0.717) is 13.0 Å². The van der Waals surface area contributed by atoms with E-state index in [-0.39, 0.29) is 42.3 Å². The van der Waals surface area contributed by atoms with E-state index in [0.717, 1.165) is 11.1 Å². The molecule has 6 nitrogen and oxygen atoms in total. The molecule has 2 saturated heterocycles. The lowest BCUT2D eigenvalue weighted by atomic mass is 9.83. The first-order valence-electron chi connectivity index (χ1n) is 8.97. The predicted molar refractivity (Wildman–Crippen MR) is 97.0 cm³/mol. The van der Waals surface area contributed by atoms with Gasteiger partial charge in [-0.1, -0.05) is 48.5 Å². The van der Waals surface area contributed by atoms with Crippen LogP contribution in [0, 0.1) is 5.92 Å². The zero-order valence-corrected chi connectivity index (χ0v) is 14.4. The Labute approximate surface area is 152 Å². The molecular formula is C20H23N3O3. The average Bonchev–Trinajstić information content (AvgIpc) is 3.20. The molecule has 2 fully saturated rings. The predicted octanol–water partition coefficient (Wildman–Crippen LogP) is 1.49. The number of para-hydroxylation sites is 1. The van der Waals surface area contributed by atoms with Crippen LogP contribution in [0.4, 0.5) is 0 Å². The summed E-state index contributed by atoms with van der Waals surface area (Å²) in [7, 11) is 0. The molecule has 2 aromatic rings. The fourth-order valence-electron chi connectivity index (χ4n) is 4.26. The first-order chi connectivity index (χ1) is 12.7. The van der Waals surface area contributed by atoms with Crippen LogP contribution >= 0.6 is 0 Å². The summed E-state index contributed by atoms with van der Waals surface area (Å²) in [6.07, 6.45) is 0.545. The van der Waals surface area contributed by atoms with Crippen molar-refractivity contribution in [3.05, 3.63) is 65.7 Å². The smallest absolute Gasteiger partial charge is 0.242 e. The Hall–Kier alpha value is -2.41. The molecule has 0 saturated carbocycles. The van der Waals surface area contributed by atoms with Crippen molar-refractivity contribution in [3.8, 4) is 5.75 Å². The van der Waals surface area contributed by atoms with Crippen LogP contribution in [0.2, 0.25) is 0 Å². The number of hydrogen-bond donors (Lipinski definition) is 4. The van der Waals surface area contributed by atoms with Gasteiger partial charge in [0.15, 0.2) is 0 Å². The zero-order valence-electron chi connectivity index (χ0n) is 14.4. The Kier molecular flexibility index (Phi) is 4.63. The standard InChI is InChI=1S/C20H23N3O3/c24-12-6-11-23-19(13-7-2-1-3-8-13)16-17(21-22-18(16)20(23)26)14-9-4-5-10-15(14)25/h1-5,7-10,16-19,21-22,24-25H,6,11-12H2. The Morgan fingerprint density at radius 1 is 0.962 bits per heavy atom. The topological polar surface area (TPSA) is 84.8 Å². The highest BCUT2D eigenvalue weighted by molar-refractivity contribution is 5.86. The van der Waals surface area contributed by atoms with Gasteiger partial charge in [-0.3, -0.25) is 4.79 Å². The molecule has 0 radical (unpaired) electrons.